The predicted octanol–water partition coefficient (Wildman–Crippen LogP) is 4.33. The van der Waals surface area contributed by atoms with Crippen molar-refractivity contribution in [1.29, 1.82) is 0 Å². The zero-order valence-corrected chi connectivity index (χ0v) is 17.8. The standard InChI is InChI=1S/C23H22N2O5S/c1-3-12-30-18-11-10-16(13-19(18)29-4-2)14-20-22(27)25(23(28)31-20)15-21(26)24-17-8-6-5-7-9-17/h3,5-11,13-14H,1,4,12,15H2,2H3,(H,24,26)/b20-14+. The molecule has 2 aromatic carbocycles. The molecular weight excluding hydrogens is 416 g/mol. The fourth-order valence-corrected chi connectivity index (χ4v) is 3.64. The van der Waals surface area contributed by atoms with Crippen LogP contribution in [0.1, 0.15) is 12.5 Å². The molecule has 1 fully saturated rings. The first-order valence-corrected chi connectivity index (χ1v) is 10.4. The molecule has 3 amide bonds. The molecule has 2 aromatic rings. The summed E-state index contributed by atoms with van der Waals surface area (Å²) in [4.78, 5) is 38.4. The second kappa shape index (κ2) is 10.5. The first kappa shape index (κ1) is 22.2. The lowest BCUT2D eigenvalue weighted by Crippen LogP contribution is -2.36. The highest BCUT2D eigenvalue weighted by atomic mass is 32.2. The molecule has 3 rings (SSSR count). The Kier molecular flexibility index (Phi) is 7.50. The van der Waals surface area contributed by atoms with Crippen LogP contribution in [-0.4, -0.2) is 41.7 Å². The van der Waals surface area contributed by atoms with Crippen molar-refractivity contribution in [2.24, 2.45) is 0 Å². The van der Waals surface area contributed by atoms with Gasteiger partial charge in [0.1, 0.15) is 13.2 Å². The van der Waals surface area contributed by atoms with Gasteiger partial charge < -0.3 is 14.8 Å². The first-order valence-electron chi connectivity index (χ1n) is 9.62. The number of ether oxygens (including phenoxy) is 2. The van der Waals surface area contributed by atoms with Gasteiger partial charge >= 0.3 is 0 Å². The molecule has 0 bridgehead atoms. The Morgan fingerprint density at radius 2 is 1.90 bits per heavy atom. The SMILES string of the molecule is C=CCOc1ccc(/C=C2/SC(=O)N(CC(=O)Nc3ccccc3)C2=O)cc1OCC. The molecule has 0 aromatic heterocycles. The molecule has 0 radical (unpaired) electrons. The van der Waals surface area contributed by atoms with Crippen LogP contribution in [0.5, 0.6) is 11.5 Å². The summed E-state index contributed by atoms with van der Waals surface area (Å²) in [7, 11) is 0. The monoisotopic (exact) mass is 438 g/mol. The van der Waals surface area contributed by atoms with E-state index in [1.807, 2.05) is 13.0 Å². The smallest absolute Gasteiger partial charge is 0.294 e. The number of para-hydroxylation sites is 1. The van der Waals surface area contributed by atoms with Gasteiger partial charge in [-0.1, -0.05) is 36.9 Å². The van der Waals surface area contributed by atoms with E-state index in [9.17, 15) is 14.4 Å². The van der Waals surface area contributed by atoms with Crippen LogP contribution in [0.15, 0.2) is 66.1 Å². The van der Waals surface area contributed by atoms with Crippen LogP contribution in [0.3, 0.4) is 0 Å². The van der Waals surface area contributed by atoms with Gasteiger partial charge in [0.05, 0.1) is 11.5 Å². The van der Waals surface area contributed by atoms with E-state index in [1.165, 1.54) is 0 Å². The highest BCUT2D eigenvalue weighted by Crippen LogP contribution is 2.34. The third-order valence-corrected chi connectivity index (χ3v) is 5.06. The summed E-state index contributed by atoms with van der Waals surface area (Å²) >= 11 is 0.795. The van der Waals surface area contributed by atoms with E-state index in [0.717, 1.165) is 16.7 Å². The van der Waals surface area contributed by atoms with Gasteiger partial charge in [-0.25, -0.2) is 0 Å². The number of anilines is 1. The summed E-state index contributed by atoms with van der Waals surface area (Å²) in [6.45, 7) is 5.91. The Bertz CT molecular complexity index is 1020. The van der Waals surface area contributed by atoms with Crippen molar-refractivity contribution < 1.29 is 23.9 Å². The lowest BCUT2D eigenvalue weighted by molar-refractivity contribution is -0.127. The summed E-state index contributed by atoms with van der Waals surface area (Å²) in [6.07, 6.45) is 3.23. The molecule has 0 atom stereocenters. The van der Waals surface area contributed by atoms with Gasteiger partial charge in [0.15, 0.2) is 11.5 Å². The van der Waals surface area contributed by atoms with E-state index >= 15 is 0 Å². The molecule has 1 saturated heterocycles. The van der Waals surface area contributed by atoms with Crippen LogP contribution in [0.2, 0.25) is 0 Å². The van der Waals surface area contributed by atoms with Gasteiger partial charge in [0.25, 0.3) is 11.1 Å². The third kappa shape index (κ3) is 5.76. The van der Waals surface area contributed by atoms with Crippen molar-refractivity contribution in [2.45, 2.75) is 6.92 Å². The van der Waals surface area contributed by atoms with Crippen molar-refractivity contribution in [2.75, 3.05) is 25.1 Å². The fourth-order valence-electron chi connectivity index (χ4n) is 2.80. The number of nitrogens with zero attached hydrogens (tertiary/aromatic N) is 1. The number of carbonyl (C=O) groups is 3. The Hall–Kier alpha value is -3.52. The normalized spacial score (nSPS) is 14.6. The molecular formula is C23H22N2O5S. The van der Waals surface area contributed by atoms with Crippen molar-refractivity contribution in [3.05, 3.63) is 71.7 Å². The largest absolute Gasteiger partial charge is 0.490 e. The number of imide groups is 1. The molecule has 1 N–H and O–H groups in total. The van der Waals surface area contributed by atoms with Gasteiger partial charge in [-0.3, -0.25) is 19.3 Å². The Morgan fingerprint density at radius 1 is 1.13 bits per heavy atom. The van der Waals surface area contributed by atoms with Gasteiger partial charge in [-0.2, -0.15) is 0 Å². The summed E-state index contributed by atoms with van der Waals surface area (Å²) in [5, 5.41) is 2.18. The number of hydrogen-bond acceptors (Lipinski definition) is 6. The van der Waals surface area contributed by atoms with Crippen molar-refractivity contribution in [1.82, 2.24) is 4.90 Å². The lowest BCUT2D eigenvalue weighted by Gasteiger charge is -2.12. The molecule has 1 aliphatic heterocycles. The van der Waals surface area contributed by atoms with E-state index in [2.05, 4.69) is 11.9 Å². The molecule has 1 aliphatic rings. The van der Waals surface area contributed by atoms with Crippen LogP contribution >= 0.6 is 11.8 Å². The van der Waals surface area contributed by atoms with E-state index < -0.39 is 17.1 Å². The van der Waals surface area contributed by atoms with Crippen molar-refractivity contribution in [3.8, 4) is 11.5 Å². The molecule has 160 valence electrons. The van der Waals surface area contributed by atoms with Crippen LogP contribution in [-0.2, 0) is 9.59 Å². The van der Waals surface area contributed by atoms with E-state index in [4.69, 9.17) is 9.47 Å². The maximum Gasteiger partial charge on any atom is 0.294 e. The fraction of sp³-hybridized carbons (Fsp3) is 0.174. The quantitative estimate of drug-likeness (QED) is 0.464. The van der Waals surface area contributed by atoms with E-state index in [-0.39, 0.29) is 11.4 Å². The van der Waals surface area contributed by atoms with Gasteiger partial charge in [0, 0.05) is 5.69 Å². The predicted molar refractivity (Wildman–Crippen MR) is 121 cm³/mol. The highest BCUT2D eigenvalue weighted by molar-refractivity contribution is 8.18. The van der Waals surface area contributed by atoms with E-state index in [0.29, 0.717) is 36.0 Å². The second-order valence-electron chi connectivity index (χ2n) is 6.42. The maximum atomic E-state index is 12.7. The highest BCUT2D eigenvalue weighted by Gasteiger charge is 2.36. The number of hydrogen-bond donors (Lipinski definition) is 1. The summed E-state index contributed by atoms with van der Waals surface area (Å²) < 4.78 is 11.2. The number of rotatable bonds is 9. The number of thioether (sulfide) groups is 1. The minimum absolute atomic E-state index is 0.236. The zero-order valence-electron chi connectivity index (χ0n) is 17.0. The summed E-state index contributed by atoms with van der Waals surface area (Å²) in [5.74, 6) is 0.129. The van der Waals surface area contributed by atoms with Gasteiger partial charge in [0.2, 0.25) is 5.91 Å². The molecule has 1 heterocycles. The van der Waals surface area contributed by atoms with Crippen LogP contribution in [0, 0.1) is 0 Å². The first-order chi connectivity index (χ1) is 15.0. The Labute approximate surface area is 184 Å². The maximum absolute atomic E-state index is 12.7. The molecule has 8 heteroatoms. The average molecular weight is 439 g/mol. The Balaban J connectivity index is 1.72. The van der Waals surface area contributed by atoms with E-state index in [1.54, 1.807) is 54.6 Å². The minimum Gasteiger partial charge on any atom is -0.490 e. The molecule has 0 aliphatic carbocycles. The van der Waals surface area contributed by atoms with Crippen molar-refractivity contribution >= 4 is 40.6 Å². The molecule has 31 heavy (non-hydrogen) atoms. The van der Waals surface area contributed by atoms with Crippen molar-refractivity contribution in [3.63, 3.8) is 0 Å². The Morgan fingerprint density at radius 3 is 2.61 bits per heavy atom. The molecule has 0 saturated carbocycles. The number of benzene rings is 2. The summed E-state index contributed by atoms with van der Waals surface area (Å²) in [6, 6.07) is 14.1. The van der Waals surface area contributed by atoms with Crippen LogP contribution < -0.4 is 14.8 Å². The molecule has 0 unspecified atom stereocenters. The third-order valence-electron chi connectivity index (χ3n) is 4.15. The average Bonchev–Trinajstić information content (AvgIpc) is 3.01. The number of carbonyl (C=O) groups excluding carboxylic acids is 3. The number of amides is 3. The van der Waals surface area contributed by atoms with Gasteiger partial charge in [-0.05, 0) is 54.6 Å². The number of nitrogens with one attached hydrogen (secondary N) is 1. The minimum atomic E-state index is -0.511. The van der Waals surface area contributed by atoms with Crippen LogP contribution in [0.25, 0.3) is 6.08 Å². The topological polar surface area (TPSA) is 84.9 Å². The summed E-state index contributed by atoms with van der Waals surface area (Å²) in [5.41, 5.74) is 1.27. The van der Waals surface area contributed by atoms with Gasteiger partial charge in [-0.15, -0.1) is 0 Å². The second-order valence-corrected chi connectivity index (χ2v) is 7.41. The van der Waals surface area contributed by atoms with Crippen LogP contribution in [0.4, 0.5) is 10.5 Å². The lowest BCUT2D eigenvalue weighted by atomic mass is 10.2. The zero-order chi connectivity index (χ0) is 22.2. The molecule has 7 nitrogen and oxygen atoms in total. The molecule has 0 spiro atoms.